The molecule has 1 fully saturated rings. The minimum absolute atomic E-state index is 0.0695. The van der Waals surface area contributed by atoms with Crippen molar-refractivity contribution >= 4 is 6.09 Å². The van der Waals surface area contributed by atoms with E-state index in [1.165, 1.54) is 0 Å². The lowest BCUT2D eigenvalue weighted by molar-refractivity contribution is 0.0204. The molecule has 0 spiro atoms. The molecule has 1 aromatic heterocycles. The van der Waals surface area contributed by atoms with Crippen molar-refractivity contribution in [3.05, 3.63) is 17.8 Å². The average Bonchev–Trinajstić information content (AvgIpc) is 2.38. The van der Waals surface area contributed by atoms with E-state index in [2.05, 4.69) is 10.2 Å². The van der Waals surface area contributed by atoms with Crippen LogP contribution < -0.4 is 0 Å². The molecule has 1 aromatic rings. The standard InChI is InChI=1S/C14H21N3O3/c1-14(2,3)20-13(19)17-8-6-10(7-9-17)11-4-5-12(18)16-15-11/h4-5,10H,6-9H2,1-3H3,(H,16,18). The molecule has 6 nitrogen and oxygen atoms in total. The molecule has 6 heteroatoms. The van der Waals surface area contributed by atoms with Gasteiger partial charge in [0.2, 0.25) is 5.88 Å². The molecule has 0 aliphatic carbocycles. The Hall–Kier alpha value is -1.85. The van der Waals surface area contributed by atoms with Crippen LogP contribution in [0.1, 0.15) is 45.2 Å². The molecule has 1 N–H and O–H groups in total. The third-order valence-corrected chi connectivity index (χ3v) is 3.24. The largest absolute Gasteiger partial charge is 0.492 e. The Morgan fingerprint density at radius 1 is 1.30 bits per heavy atom. The zero-order valence-corrected chi connectivity index (χ0v) is 12.2. The molecule has 110 valence electrons. The van der Waals surface area contributed by atoms with E-state index in [1.54, 1.807) is 17.0 Å². The van der Waals surface area contributed by atoms with Crippen LogP contribution in [0.2, 0.25) is 0 Å². The van der Waals surface area contributed by atoms with E-state index in [0.29, 0.717) is 13.1 Å². The predicted octanol–water partition coefficient (Wildman–Crippen LogP) is 2.30. The van der Waals surface area contributed by atoms with Gasteiger partial charge in [-0.1, -0.05) is 0 Å². The van der Waals surface area contributed by atoms with Crippen molar-refractivity contribution in [2.75, 3.05) is 13.1 Å². The van der Waals surface area contributed by atoms with E-state index >= 15 is 0 Å². The van der Waals surface area contributed by atoms with Crippen molar-refractivity contribution in [1.82, 2.24) is 15.1 Å². The molecule has 1 aliphatic rings. The summed E-state index contributed by atoms with van der Waals surface area (Å²) in [5, 5.41) is 16.8. The Kier molecular flexibility index (Phi) is 4.11. The summed E-state index contributed by atoms with van der Waals surface area (Å²) in [5.74, 6) is 0.210. The Morgan fingerprint density at radius 2 is 1.95 bits per heavy atom. The van der Waals surface area contributed by atoms with Crippen LogP contribution in [0.4, 0.5) is 4.79 Å². The normalized spacial score (nSPS) is 17.1. The van der Waals surface area contributed by atoms with Crippen molar-refractivity contribution < 1.29 is 14.6 Å². The van der Waals surface area contributed by atoms with Crippen LogP contribution >= 0.6 is 0 Å². The number of hydrogen-bond acceptors (Lipinski definition) is 5. The highest BCUT2D eigenvalue weighted by molar-refractivity contribution is 5.68. The fourth-order valence-electron chi connectivity index (χ4n) is 2.24. The van der Waals surface area contributed by atoms with Crippen LogP contribution in [0.25, 0.3) is 0 Å². The molecular formula is C14H21N3O3. The first-order valence-electron chi connectivity index (χ1n) is 6.86. The molecule has 2 heterocycles. The second kappa shape index (κ2) is 5.64. The average molecular weight is 279 g/mol. The molecule has 0 unspecified atom stereocenters. The number of ether oxygens (including phenoxy) is 1. The summed E-state index contributed by atoms with van der Waals surface area (Å²) >= 11 is 0. The number of likely N-dealkylation sites (tertiary alicyclic amines) is 1. The van der Waals surface area contributed by atoms with Gasteiger partial charge >= 0.3 is 6.09 Å². The predicted molar refractivity (Wildman–Crippen MR) is 73.5 cm³/mol. The fourth-order valence-corrected chi connectivity index (χ4v) is 2.24. The summed E-state index contributed by atoms with van der Waals surface area (Å²) in [6, 6.07) is 3.33. The first kappa shape index (κ1) is 14.6. The Morgan fingerprint density at radius 3 is 2.45 bits per heavy atom. The summed E-state index contributed by atoms with van der Waals surface area (Å²) in [5.41, 5.74) is 0.405. The van der Waals surface area contributed by atoms with Crippen LogP contribution in [0.15, 0.2) is 12.1 Å². The second-order valence-electron chi connectivity index (χ2n) is 6.06. The topological polar surface area (TPSA) is 75.5 Å². The van der Waals surface area contributed by atoms with Gasteiger partial charge in [-0.15, -0.1) is 5.10 Å². The minimum Gasteiger partial charge on any atom is -0.492 e. The van der Waals surface area contributed by atoms with Crippen LogP contribution in [0.5, 0.6) is 5.88 Å². The highest BCUT2D eigenvalue weighted by Gasteiger charge is 2.28. The highest BCUT2D eigenvalue weighted by Crippen LogP contribution is 2.27. The van der Waals surface area contributed by atoms with Crippen LogP contribution in [-0.2, 0) is 4.74 Å². The highest BCUT2D eigenvalue weighted by atomic mass is 16.6. The van der Waals surface area contributed by atoms with Crippen molar-refractivity contribution in [2.24, 2.45) is 0 Å². The number of aromatic hydroxyl groups is 1. The quantitative estimate of drug-likeness (QED) is 0.853. The SMILES string of the molecule is CC(C)(C)OC(=O)N1CCC(c2ccc(O)nn2)CC1. The lowest BCUT2D eigenvalue weighted by Gasteiger charge is -2.33. The summed E-state index contributed by atoms with van der Waals surface area (Å²) < 4.78 is 5.36. The van der Waals surface area contributed by atoms with Gasteiger partial charge < -0.3 is 14.7 Å². The van der Waals surface area contributed by atoms with Crippen LogP contribution in [0, 0.1) is 0 Å². The van der Waals surface area contributed by atoms with Gasteiger partial charge in [0.25, 0.3) is 0 Å². The van der Waals surface area contributed by atoms with Crippen molar-refractivity contribution in [2.45, 2.75) is 45.1 Å². The third kappa shape index (κ3) is 3.82. The molecule has 0 bridgehead atoms. The van der Waals surface area contributed by atoms with E-state index in [9.17, 15) is 4.79 Å². The van der Waals surface area contributed by atoms with E-state index in [-0.39, 0.29) is 17.9 Å². The molecule has 0 saturated carbocycles. The van der Waals surface area contributed by atoms with E-state index < -0.39 is 5.60 Å². The maximum Gasteiger partial charge on any atom is 0.410 e. The third-order valence-electron chi connectivity index (χ3n) is 3.24. The first-order chi connectivity index (χ1) is 9.35. The first-order valence-corrected chi connectivity index (χ1v) is 6.86. The van der Waals surface area contributed by atoms with E-state index in [1.807, 2.05) is 20.8 Å². The molecule has 1 saturated heterocycles. The Bertz CT molecular complexity index is 460. The molecule has 0 atom stereocenters. The van der Waals surface area contributed by atoms with Crippen molar-refractivity contribution in [3.63, 3.8) is 0 Å². The lowest BCUT2D eigenvalue weighted by atomic mass is 9.93. The van der Waals surface area contributed by atoms with Crippen molar-refractivity contribution in [1.29, 1.82) is 0 Å². The Balaban J connectivity index is 1.89. The van der Waals surface area contributed by atoms with Gasteiger partial charge in [-0.2, -0.15) is 5.10 Å². The number of carbonyl (C=O) groups excluding carboxylic acids is 1. The maximum absolute atomic E-state index is 11.9. The van der Waals surface area contributed by atoms with Crippen molar-refractivity contribution in [3.8, 4) is 5.88 Å². The zero-order chi connectivity index (χ0) is 14.8. The number of aromatic nitrogens is 2. The number of carbonyl (C=O) groups is 1. The number of rotatable bonds is 1. The molecule has 20 heavy (non-hydrogen) atoms. The summed E-state index contributed by atoms with van der Waals surface area (Å²) in [4.78, 5) is 13.7. The number of piperidine rings is 1. The summed E-state index contributed by atoms with van der Waals surface area (Å²) in [6.45, 7) is 6.90. The van der Waals surface area contributed by atoms with Gasteiger partial charge in [-0.3, -0.25) is 0 Å². The monoisotopic (exact) mass is 279 g/mol. The maximum atomic E-state index is 11.9. The molecular weight excluding hydrogens is 258 g/mol. The molecule has 2 rings (SSSR count). The summed E-state index contributed by atoms with van der Waals surface area (Å²) in [7, 11) is 0. The minimum atomic E-state index is -0.462. The number of amides is 1. The summed E-state index contributed by atoms with van der Waals surface area (Å²) in [6.07, 6.45) is 1.41. The fraction of sp³-hybridized carbons (Fsp3) is 0.643. The van der Waals surface area contributed by atoms with Gasteiger partial charge in [0.15, 0.2) is 0 Å². The molecule has 1 amide bonds. The van der Waals surface area contributed by atoms with E-state index in [4.69, 9.17) is 9.84 Å². The number of nitrogens with zero attached hydrogens (tertiary/aromatic N) is 3. The smallest absolute Gasteiger partial charge is 0.410 e. The van der Waals surface area contributed by atoms with Gasteiger partial charge in [-0.05, 0) is 39.7 Å². The van der Waals surface area contributed by atoms with E-state index in [0.717, 1.165) is 18.5 Å². The lowest BCUT2D eigenvalue weighted by Crippen LogP contribution is -2.41. The van der Waals surface area contributed by atoms with Crippen LogP contribution in [-0.4, -0.2) is 45.0 Å². The molecule has 1 aliphatic heterocycles. The van der Waals surface area contributed by atoms with Crippen LogP contribution in [0.3, 0.4) is 0 Å². The van der Waals surface area contributed by atoms with Gasteiger partial charge in [0.1, 0.15) is 5.60 Å². The second-order valence-corrected chi connectivity index (χ2v) is 6.06. The molecule has 0 aromatic carbocycles. The Labute approximate surface area is 118 Å². The molecule has 0 radical (unpaired) electrons. The zero-order valence-electron chi connectivity index (χ0n) is 12.2. The number of hydrogen-bond donors (Lipinski definition) is 1. The van der Waals surface area contributed by atoms with Gasteiger partial charge in [-0.25, -0.2) is 4.79 Å². The van der Waals surface area contributed by atoms with Gasteiger partial charge in [0.05, 0.1) is 5.69 Å². The van der Waals surface area contributed by atoms with Gasteiger partial charge in [0, 0.05) is 25.1 Å².